The van der Waals surface area contributed by atoms with Gasteiger partial charge in [0.2, 0.25) is 0 Å². The summed E-state index contributed by atoms with van der Waals surface area (Å²) < 4.78 is 0. The van der Waals surface area contributed by atoms with E-state index >= 15 is 0 Å². The molecule has 0 fully saturated rings. The standard InChI is InChI=1S/C18H15N5O3/c1-2-22(16-9-12(10-19)7-8-15(16)23(25)26)11-17-20-14-6-4-3-5-13(14)18(24)21-17/h3-9H,2,11H2,1H3,(H,20,21,24). The molecule has 0 spiro atoms. The third kappa shape index (κ3) is 3.23. The van der Waals surface area contributed by atoms with Crippen LogP contribution in [-0.4, -0.2) is 21.4 Å². The number of hydrogen-bond acceptors (Lipinski definition) is 6. The van der Waals surface area contributed by atoms with Crippen molar-refractivity contribution in [1.29, 1.82) is 5.26 Å². The molecule has 0 aliphatic rings. The summed E-state index contributed by atoms with van der Waals surface area (Å²) in [6.07, 6.45) is 0. The maximum absolute atomic E-state index is 12.2. The molecule has 1 N–H and O–H groups in total. The van der Waals surface area contributed by atoms with Crippen molar-refractivity contribution in [3.63, 3.8) is 0 Å². The van der Waals surface area contributed by atoms with Crippen LogP contribution in [0.2, 0.25) is 0 Å². The molecule has 3 rings (SSSR count). The van der Waals surface area contributed by atoms with Crippen LogP contribution in [0.1, 0.15) is 18.3 Å². The fourth-order valence-electron chi connectivity index (χ4n) is 2.76. The van der Waals surface area contributed by atoms with E-state index < -0.39 is 4.92 Å². The fourth-order valence-corrected chi connectivity index (χ4v) is 2.76. The predicted octanol–water partition coefficient (Wildman–Crippen LogP) is 2.73. The van der Waals surface area contributed by atoms with E-state index in [1.807, 2.05) is 13.0 Å². The van der Waals surface area contributed by atoms with Gasteiger partial charge in [0.1, 0.15) is 11.5 Å². The Balaban J connectivity index is 2.05. The minimum atomic E-state index is -0.490. The van der Waals surface area contributed by atoms with Crippen LogP contribution < -0.4 is 10.5 Å². The number of nitrogens with one attached hydrogen (secondary N) is 1. The number of fused-ring (bicyclic) bond motifs is 1. The first-order valence-electron chi connectivity index (χ1n) is 7.95. The predicted molar refractivity (Wildman–Crippen MR) is 96.9 cm³/mol. The van der Waals surface area contributed by atoms with Gasteiger partial charge in [-0.05, 0) is 31.2 Å². The third-order valence-corrected chi connectivity index (χ3v) is 4.03. The summed E-state index contributed by atoms with van der Waals surface area (Å²) in [5.74, 6) is 0.396. The highest BCUT2D eigenvalue weighted by Gasteiger charge is 2.20. The van der Waals surface area contributed by atoms with E-state index in [0.717, 1.165) is 0 Å². The number of benzene rings is 2. The molecule has 130 valence electrons. The molecule has 0 aliphatic carbocycles. The van der Waals surface area contributed by atoms with Gasteiger partial charge >= 0.3 is 0 Å². The van der Waals surface area contributed by atoms with Gasteiger partial charge < -0.3 is 9.88 Å². The van der Waals surface area contributed by atoms with Gasteiger partial charge in [0.15, 0.2) is 0 Å². The van der Waals surface area contributed by atoms with Crippen molar-refractivity contribution in [2.45, 2.75) is 13.5 Å². The number of nitriles is 1. The Labute approximate surface area is 148 Å². The second-order valence-electron chi connectivity index (χ2n) is 5.62. The summed E-state index contributed by atoms with van der Waals surface area (Å²) in [6.45, 7) is 2.44. The number of aromatic amines is 1. The first-order valence-corrected chi connectivity index (χ1v) is 7.95. The number of nitro groups is 1. The first kappa shape index (κ1) is 17.1. The maximum Gasteiger partial charge on any atom is 0.292 e. The van der Waals surface area contributed by atoms with Crippen molar-refractivity contribution in [2.24, 2.45) is 0 Å². The molecule has 0 unspecified atom stereocenters. The molecule has 0 amide bonds. The molecule has 8 heteroatoms. The number of nitrogens with zero attached hydrogens (tertiary/aromatic N) is 4. The number of hydrogen-bond donors (Lipinski definition) is 1. The number of aromatic nitrogens is 2. The molecular weight excluding hydrogens is 334 g/mol. The van der Waals surface area contributed by atoms with Gasteiger partial charge in [-0.15, -0.1) is 0 Å². The zero-order chi connectivity index (χ0) is 18.7. The van der Waals surface area contributed by atoms with E-state index in [-0.39, 0.29) is 17.8 Å². The molecule has 1 aromatic heterocycles. The van der Waals surface area contributed by atoms with Gasteiger partial charge in [-0.2, -0.15) is 5.26 Å². The quantitative estimate of drug-likeness (QED) is 0.559. The minimum absolute atomic E-state index is 0.103. The van der Waals surface area contributed by atoms with Crippen LogP contribution in [0.25, 0.3) is 10.9 Å². The topological polar surface area (TPSA) is 116 Å². The Hall–Kier alpha value is -3.73. The molecule has 0 saturated heterocycles. The summed E-state index contributed by atoms with van der Waals surface area (Å²) >= 11 is 0. The van der Waals surface area contributed by atoms with E-state index in [0.29, 0.717) is 34.5 Å². The second-order valence-corrected chi connectivity index (χ2v) is 5.62. The van der Waals surface area contributed by atoms with E-state index in [1.165, 1.54) is 18.2 Å². The highest BCUT2D eigenvalue weighted by molar-refractivity contribution is 5.77. The Morgan fingerprint density at radius 1 is 1.31 bits per heavy atom. The zero-order valence-corrected chi connectivity index (χ0v) is 14.0. The van der Waals surface area contributed by atoms with Crippen LogP contribution in [0.3, 0.4) is 0 Å². The summed E-state index contributed by atoms with van der Waals surface area (Å²) in [5.41, 5.74) is 0.829. The van der Waals surface area contributed by atoms with Crippen molar-refractivity contribution in [3.05, 3.63) is 74.3 Å². The lowest BCUT2D eigenvalue weighted by atomic mass is 10.1. The summed E-state index contributed by atoms with van der Waals surface area (Å²) in [5, 5.41) is 20.9. The molecule has 8 nitrogen and oxygen atoms in total. The van der Waals surface area contributed by atoms with Gasteiger partial charge in [0.25, 0.3) is 11.2 Å². The average molecular weight is 349 g/mol. The Kier molecular flexibility index (Phi) is 4.62. The van der Waals surface area contributed by atoms with E-state index in [1.54, 1.807) is 29.2 Å². The molecule has 0 atom stereocenters. The van der Waals surface area contributed by atoms with Gasteiger partial charge in [-0.25, -0.2) is 4.98 Å². The SMILES string of the molecule is CCN(Cc1nc2ccccc2c(=O)[nH]1)c1cc(C#N)ccc1[N+](=O)[O-]. The molecule has 0 aliphatic heterocycles. The van der Waals surface area contributed by atoms with E-state index in [9.17, 15) is 14.9 Å². The Bertz CT molecular complexity index is 1080. The lowest BCUT2D eigenvalue weighted by molar-refractivity contribution is -0.384. The normalized spacial score (nSPS) is 10.5. The van der Waals surface area contributed by atoms with Crippen LogP contribution in [0, 0.1) is 21.4 Å². The van der Waals surface area contributed by atoms with Gasteiger partial charge in [-0.3, -0.25) is 14.9 Å². The number of H-pyrrole nitrogens is 1. The Morgan fingerprint density at radius 3 is 2.77 bits per heavy atom. The smallest absolute Gasteiger partial charge is 0.292 e. The molecule has 3 aromatic rings. The molecular formula is C18H15N5O3. The molecule has 26 heavy (non-hydrogen) atoms. The summed E-state index contributed by atoms with van der Waals surface area (Å²) in [4.78, 5) is 31.9. The van der Waals surface area contributed by atoms with Gasteiger partial charge in [-0.1, -0.05) is 12.1 Å². The van der Waals surface area contributed by atoms with Crippen LogP contribution in [-0.2, 0) is 6.54 Å². The lowest BCUT2D eigenvalue weighted by Crippen LogP contribution is -2.26. The average Bonchev–Trinajstić information content (AvgIpc) is 2.65. The molecule has 0 saturated carbocycles. The van der Waals surface area contributed by atoms with Crippen molar-refractivity contribution < 1.29 is 4.92 Å². The van der Waals surface area contributed by atoms with Crippen LogP contribution in [0.5, 0.6) is 0 Å². The number of anilines is 1. The number of para-hydroxylation sites is 1. The summed E-state index contributed by atoms with van der Waals surface area (Å²) in [6, 6.07) is 13.2. The number of nitro benzene ring substituents is 1. The fraction of sp³-hybridized carbons (Fsp3) is 0.167. The maximum atomic E-state index is 12.2. The van der Waals surface area contributed by atoms with E-state index in [4.69, 9.17) is 5.26 Å². The lowest BCUT2D eigenvalue weighted by Gasteiger charge is -2.22. The Morgan fingerprint density at radius 2 is 2.08 bits per heavy atom. The zero-order valence-electron chi connectivity index (χ0n) is 14.0. The first-order chi connectivity index (χ1) is 12.5. The molecule has 0 bridgehead atoms. The van der Waals surface area contributed by atoms with Crippen molar-refractivity contribution in [2.75, 3.05) is 11.4 Å². The van der Waals surface area contributed by atoms with E-state index in [2.05, 4.69) is 9.97 Å². The highest BCUT2D eigenvalue weighted by Crippen LogP contribution is 2.30. The van der Waals surface area contributed by atoms with Crippen molar-refractivity contribution >= 4 is 22.3 Å². The minimum Gasteiger partial charge on any atom is -0.359 e. The van der Waals surface area contributed by atoms with Gasteiger partial charge in [0.05, 0.1) is 34.0 Å². The molecule has 0 radical (unpaired) electrons. The van der Waals surface area contributed by atoms with Crippen molar-refractivity contribution in [1.82, 2.24) is 9.97 Å². The van der Waals surface area contributed by atoms with Crippen LogP contribution >= 0.6 is 0 Å². The largest absolute Gasteiger partial charge is 0.359 e. The van der Waals surface area contributed by atoms with Crippen LogP contribution in [0.4, 0.5) is 11.4 Å². The summed E-state index contributed by atoms with van der Waals surface area (Å²) in [7, 11) is 0. The monoisotopic (exact) mass is 349 g/mol. The number of rotatable bonds is 5. The third-order valence-electron chi connectivity index (χ3n) is 4.03. The molecule has 2 aromatic carbocycles. The van der Waals surface area contributed by atoms with Crippen molar-refractivity contribution in [3.8, 4) is 6.07 Å². The molecule has 1 heterocycles. The van der Waals surface area contributed by atoms with Gasteiger partial charge in [0, 0.05) is 12.6 Å². The highest BCUT2D eigenvalue weighted by atomic mass is 16.6. The second kappa shape index (κ2) is 7.03. The van der Waals surface area contributed by atoms with Crippen LogP contribution in [0.15, 0.2) is 47.3 Å².